The molecule has 5 nitrogen and oxygen atoms in total. The molecule has 1 atom stereocenters. The van der Waals surface area contributed by atoms with Crippen molar-refractivity contribution in [1.82, 2.24) is 10.2 Å². The average Bonchev–Trinajstić information content (AvgIpc) is 3.23. The van der Waals surface area contributed by atoms with Crippen molar-refractivity contribution in [2.24, 2.45) is 17.6 Å². The normalized spacial score (nSPS) is 22.1. The van der Waals surface area contributed by atoms with E-state index in [1.165, 1.54) is 0 Å². The summed E-state index contributed by atoms with van der Waals surface area (Å²) in [4.78, 5) is 25.6. The van der Waals surface area contributed by atoms with Crippen LogP contribution in [-0.2, 0) is 9.59 Å². The van der Waals surface area contributed by atoms with Gasteiger partial charge in [0.2, 0.25) is 11.8 Å². The second-order valence-corrected chi connectivity index (χ2v) is 5.98. The van der Waals surface area contributed by atoms with Gasteiger partial charge in [-0.3, -0.25) is 9.59 Å². The standard InChI is InChI=1S/C14H25N3O2/c1-10(9-15)8-13(18)17-6-4-12(5-7-17)16-14(19)11-2-3-11/h10-12H,2-9,15H2,1H3,(H,16,19). The molecule has 1 unspecified atom stereocenters. The summed E-state index contributed by atoms with van der Waals surface area (Å²) >= 11 is 0. The van der Waals surface area contributed by atoms with Gasteiger partial charge >= 0.3 is 0 Å². The minimum Gasteiger partial charge on any atom is -0.353 e. The number of hydrogen-bond acceptors (Lipinski definition) is 3. The smallest absolute Gasteiger partial charge is 0.223 e. The Morgan fingerprint density at radius 2 is 1.89 bits per heavy atom. The van der Waals surface area contributed by atoms with E-state index in [1.54, 1.807) is 0 Å². The number of nitrogens with zero attached hydrogens (tertiary/aromatic N) is 1. The molecule has 19 heavy (non-hydrogen) atoms. The molecule has 2 aliphatic rings. The molecule has 1 heterocycles. The second kappa shape index (κ2) is 6.37. The van der Waals surface area contributed by atoms with E-state index in [0.717, 1.165) is 38.8 Å². The SMILES string of the molecule is CC(CN)CC(=O)N1CCC(NC(=O)C2CC2)CC1. The molecule has 3 N–H and O–H groups in total. The number of carbonyl (C=O) groups is 2. The summed E-state index contributed by atoms with van der Waals surface area (Å²) in [6.07, 6.45) is 4.37. The van der Waals surface area contributed by atoms with Crippen LogP contribution in [0.1, 0.15) is 39.0 Å². The first-order valence-corrected chi connectivity index (χ1v) is 7.38. The predicted octanol–water partition coefficient (Wildman–Crippen LogP) is 0.489. The molecule has 1 aliphatic carbocycles. The fraction of sp³-hybridized carbons (Fsp3) is 0.857. The third-order valence-corrected chi connectivity index (χ3v) is 4.07. The number of nitrogens with one attached hydrogen (secondary N) is 1. The van der Waals surface area contributed by atoms with Crippen LogP contribution in [0.2, 0.25) is 0 Å². The highest BCUT2D eigenvalue weighted by molar-refractivity contribution is 5.81. The maximum absolute atomic E-state index is 12.0. The third kappa shape index (κ3) is 4.20. The third-order valence-electron chi connectivity index (χ3n) is 4.07. The molecule has 108 valence electrons. The molecule has 0 radical (unpaired) electrons. The van der Waals surface area contributed by atoms with Crippen molar-refractivity contribution in [3.8, 4) is 0 Å². The van der Waals surface area contributed by atoms with Gasteiger partial charge in [-0.15, -0.1) is 0 Å². The van der Waals surface area contributed by atoms with Crippen molar-refractivity contribution in [2.45, 2.75) is 45.1 Å². The van der Waals surface area contributed by atoms with Gasteiger partial charge in [-0.05, 0) is 38.1 Å². The Bertz CT molecular complexity index is 334. The molecule has 0 bridgehead atoms. The quantitative estimate of drug-likeness (QED) is 0.761. The van der Waals surface area contributed by atoms with Crippen molar-refractivity contribution < 1.29 is 9.59 Å². The number of carbonyl (C=O) groups excluding carboxylic acids is 2. The van der Waals surface area contributed by atoms with Crippen LogP contribution in [0.3, 0.4) is 0 Å². The molecule has 2 fully saturated rings. The molecule has 0 aromatic heterocycles. The van der Waals surface area contributed by atoms with E-state index >= 15 is 0 Å². The summed E-state index contributed by atoms with van der Waals surface area (Å²) < 4.78 is 0. The Hall–Kier alpha value is -1.10. The summed E-state index contributed by atoms with van der Waals surface area (Å²) in [6.45, 7) is 4.07. The zero-order chi connectivity index (χ0) is 13.8. The van der Waals surface area contributed by atoms with Crippen LogP contribution in [0, 0.1) is 11.8 Å². The van der Waals surface area contributed by atoms with Crippen molar-refractivity contribution in [3.05, 3.63) is 0 Å². The minimum absolute atomic E-state index is 0.199. The predicted molar refractivity (Wildman–Crippen MR) is 73.3 cm³/mol. The highest BCUT2D eigenvalue weighted by Crippen LogP contribution is 2.29. The first-order valence-electron chi connectivity index (χ1n) is 7.38. The molecule has 0 aromatic rings. The Kier molecular flexibility index (Phi) is 4.80. The Labute approximate surface area is 114 Å². The van der Waals surface area contributed by atoms with E-state index < -0.39 is 0 Å². The van der Waals surface area contributed by atoms with Crippen molar-refractivity contribution in [1.29, 1.82) is 0 Å². The molecule has 0 spiro atoms. The van der Waals surface area contributed by atoms with Crippen LogP contribution in [0.15, 0.2) is 0 Å². The maximum Gasteiger partial charge on any atom is 0.223 e. The van der Waals surface area contributed by atoms with Gasteiger partial charge in [-0.2, -0.15) is 0 Å². The van der Waals surface area contributed by atoms with E-state index in [1.807, 2.05) is 11.8 Å². The van der Waals surface area contributed by atoms with E-state index in [2.05, 4.69) is 5.32 Å². The van der Waals surface area contributed by atoms with E-state index in [0.29, 0.717) is 13.0 Å². The molecule has 2 amide bonds. The van der Waals surface area contributed by atoms with Crippen LogP contribution in [0.5, 0.6) is 0 Å². The van der Waals surface area contributed by atoms with Gasteiger partial charge in [0.1, 0.15) is 0 Å². The topological polar surface area (TPSA) is 75.4 Å². The van der Waals surface area contributed by atoms with E-state index in [4.69, 9.17) is 5.73 Å². The Morgan fingerprint density at radius 3 is 2.42 bits per heavy atom. The van der Waals surface area contributed by atoms with Crippen LogP contribution in [-0.4, -0.2) is 42.4 Å². The van der Waals surface area contributed by atoms with Crippen molar-refractivity contribution in [2.75, 3.05) is 19.6 Å². The number of nitrogens with two attached hydrogens (primary N) is 1. The summed E-state index contributed by atoms with van der Waals surface area (Å²) in [5.74, 6) is 0.927. The fourth-order valence-corrected chi connectivity index (χ4v) is 2.45. The van der Waals surface area contributed by atoms with Gasteiger partial charge in [0.25, 0.3) is 0 Å². The highest BCUT2D eigenvalue weighted by atomic mass is 16.2. The Balaban J connectivity index is 1.69. The lowest BCUT2D eigenvalue weighted by atomic mass is 10.0. The van der Waals surface area contributed by atoms with Gasteiger partial charge < -0.3 is 16.0 Å². The summed E-state index contributed by atoms with van der Waals surface area (Å²) in [6, 6.07) is 0.254. The van der Waals surface area contributed by atoms with Crippen molar-refractivity contribution in [3.63, 3.8) is 0 Å². The number of hydrogen-bond donors (Lipinski definition) is 2. The maximum atomic E-state index is 12.0. The molecule has 1 saturated carbocycles. The molecule has 1 saturated heterocycles. The molecular formula is C14H25N3O2. The fourth-order valence-electron chi connectivity index (χ4n) is 2.45. The number of amides is 2. The molecule has 0 aromatic carbocycles. The monoisotopic (exact) mass is 267 g/mol. The van der Waals surface area contributed by atoms with Gasteiger partial charge in [-0.1, -0.05) is 6.92 Å². The molecule has 1 aliphatic heterocycles. The van der Waals surface area contributed by atoms with Crippen LogP contribution < -0.4 is 11.1 Å². The van der Waals surface area contributed by atoms with Crippen LogP contribution in [0.4, 0.5) is 0 Å². The zero-order valence-corrected chi connectivity index (χ0v) is 11.7. The summed E-state index contributed by atoms with van der Waals surface area (Å²) in [5, 5.41) is 3.10. The second-order valence-electron chi connectivity index (χ2n) is 5.98. The largest absolute Gasteiger partial charge is 0.353 e. The Morgan fingerprint density at radius 1 is 1.26 bits per heavy atom. The number of rotatable bonds is 5. The van der Waals surface area contributed by atoms with Gasteiger partial charge in [0, 0.05) is 31.5 Å². The number of piperidine rings is 1. The van der Waals surface area contributed by atoms with Gasteiger partial charge in [0.05, 0.1) is 0 Å². The lowest BCUT2D eigenvalue weighted by Crippen LogP contribution is -2.47. The average molecular weight is 267 g/mol. The first-order chi connectivity index (χ1) is 9.10. The zero-order valence-electron chi connectivity index (χ0n) is 11.7. The van der Waals surface area contributed by atoms with Gasteiger partial charge in [0.15, 0.2) is 0 Å². The van der Waals surface area contributed by atoms with E-state index in [9.17, 15) is 9.59 Å². The summed E-state index contributed by atoms with van der Waals surface area (Å²) in [7, 11) is 0. The highest BCUT2D eigenvalue weighted by Gasteiger charge is 2.32. The van der Waals surface area contributed by atoms with Crippen LogP contribution in [0.25, 0.3) is 0 Å². The van der Waals surface area contributed by atoms with E-state index in [-0.39, 0.29) is 29.7 Å². The summed E-state index contributed by atoms with van der Waals surface area (Å²) in [5.41, 5.74) is 5.54. The molecular weight excluding hydrogens is 242 g/mol. The van der Waals surface area contributed by atoms with Gasteiger partial charge in [-0.25, -0.2) is 0 Å². The minimum atomic E-state index is 0.199. The molecule has 5 heteroatoms. The lowest BCUT2D eigenvalue weighted by Gasteiger charge is -2.33. The van der Waals surface area contributed by atoms with Crippen LogP contribution >= 0.6 is 0 Å². The van der Waals surface area contributed by atoms with Crippen molar-refractivity contribution >= 4 is 11.8 Å². The number of likely N-dealkylation sites (tertiary alicyclic amines) is 1. The first kappa shape index (κ1) is 14.3. The molecule has 2 rings (SSSR count). The lowest BCUT2D eigenvalue weighted by molar-refractivity contribution is -0.133.